The maximum absolute atomic E-state index is 14.7. The van der Waals surface area contributed by atoms with E-state index in [1.165, 1.54) is 0 Å². The molecule has 2 bridgehead atoms. The number of para-hydroxylation sites is 1. The van der Waals surface area contributed by atoms with E-state index in [0.717, 1.165) is 18.5 Å². The number of carbonyl (C=O) groups is 3. The third-order valence-electron chi connectivity index (χ3n) is 9.44. The summed E-state index contributed by atoms with van der Waals surface area (Å²) in [5, 5.41) is 10.6. The second-order valence-corrected chi connectivity index (χ2v) is 14.0. The zero-order valence-electron chi connectivity index (χ0n) is 24.6. The monoisotopic (exact) mass is 567 g/mol. The highest BCUT2D eigenvalue weighted by molar-refractivity contribution is 8.02. The van der Waals surface area contributed by atoms with E-state index in [1.54, 1.807) is 38.6 Å². The fourth-order valence-corrected chi connectivity index (χ4v) is 9.60. The van der Waals surface area contributed by atoms with Crippen LogP contribution in [0.15, 0.2) is 55.6 Å². The highest BCUT2D eigenvalue weighted by Crippen LogP contribution is 2.72. The van der Waals surface area contributed by atoms with Crippen LogP contribution in [-0.4, -0.2) is 79.9 Å². The molecule has 7 atom stereocenters. The Kier molecular flexibility index (Phi) is 8.91. The molecule has 40 heavy (non-hydrogen) atoms. The molecule has 1 aromatic rings. The number of carbonyl (C=O) groups excluding carboxylic acids is 3. The molecule has 8 heteroatoms. The number of amides is 3. The van der Waals surface area contributed by atoms with Crippen molar-refractivity contribution in [1.29, 1.82) is 0 Å². The Balaban J connectivity index is 1.86. The minimum absolute atomic E-state index is 0.0140. The van der Waals surface area contributed by atoms with Gasteiger partial charge in [0, 0.05) is 29.6 Å². The van der Waals surface area contributed by atoms with E-state index in [-0.39, 0.29) is 36.3 Å². The fraction of sp³-hybridized carbons (Fsp3) is 0.594. The Morgan fingerprint density at radius 1 is 1.12 bits per heavy atom. The predicted molar refractivity (Wildman–Crippen MR) is 162 cm³/mol. The number of likely N-dealkylation sites (tertiary alicyclic amines) is 1. The van der Waals surface area contributed by atoms with Crippen molar-refractivity contribution < 1.29 is 19.5 Å². The van der Waals surface area contributed by atoms with Crippen molar-refractivity contribution in [1.82, 2.24) is 9.80 Å². The number of rotatable bonds is 12. The smallest absolute Gasteiger partial charge is 0.247 e. The maximum Gasteiger partial charge on any atom is 0.247 e. The molecular weight excluding hydrogens is 522 g/mol. The summed E-state index contributed by atoms with van der Waals surface area (Å²) in [6.07, 6.45) is 5.59. The van der Waals surface area contributed by atoms with Gasteiger partial charge in [-0.1, -0.05) is 50.6 Å². The van der Waals surface area contributed by atoms with Crippen LogP contribution >= 0.6 is 11.8 Å². The lowest BCUT2D eigenvalue weighted by Crippen LogP contribution is -2.59. The van der Waals surface area contributed by atoms with Gasteiger partial charge in [-0.2, -0.15) is 0 Å². The van der Waals surface area contributed by atoms with Gasteiger partial charge in [0.25, 0.3) is 0 Å². The Morgan fingerprint density at radius 2 is 1.77 bits per heavy atom. The van der Waals surface area contributed by atoms with Gasteiger partial charge in [0.2, 0.25) is 17.7 Å². The van der Waals surface area contributed by atoms with Crippen molar-refractivity contribution in [3.05, 3.63) is 55.6 Å². The molecule has 218 valence electrons. The number of thioether (sulfide) groups is 1. The number of anilines is 1. The van der Waals surface area contributed by atoms with Crippen molar-refractivity contribution >= 4 is 35.2 Å². The summed E-state index contributed by atoms with van der Waals surface area (Å²) >= 11 is 1.67. The van der Waals surface area contributed by atoms with Gasteiger partial charge >= 0.3 is 0 Å². The molecule has 3 saturated heterocycles. The average Bonchev–Trinajstić information content (AvgIpc) is 3.51. The van der Waals surface area contributed by atoms with Gasteiger partial charge < -0.3 is 19.8 Å². The summed E-state index contributed by atoms with van der Waals surface area (Å²) in [7, 11) is 0. The summed E-state index contributed by atoms with van der Waals surface area (Å²) in [4.78, 5) is 48.9. The first kappa shape index (κ1) is 30.4. The van der Waals surface area contributed by atoms with Crippen LogP contribution in [0.25, 0.3) is 0 Å². The maximum atomic E-state index is 14.7. The lowest BCUT2D eigenvalue weighted by molar-refractivity contribution is -0.147. The quantitative estimate of drug-likeness (QED) is 0.376. The van der Waals surface area contributed by atoms with E-state index in [2.05, 4.69) is 20.1 Å². The van der Waals surface area contributed by atoms with Crippen molar-refractivity contribution in [3.63, 3.8) is 0 Å². The molecule has 3 aliphatic heterocycles. The number of hydrogen-bond donors (Lipinski definition) is 1. The molecule has 3 aliphatic rings. The summed E-state index contributed by atoms with van der Waals surface area (Å²) in [5.41, 5.74) is 0.762. The van der Waals surface area contributed by atoms with E-state index in [0.29, 0.717) is 19.5 Å². The number of benzene rings is 1. The summed E-state index contributed by atoms with van der Waals surface area (Å²) in [5.74, 6) is -1.67. The second-order valence-electron chi connectivity index (χ2n) is 12.1. The molecule has 2 unspecified atom stereocenters. The molecule has 1 N–H and O–H groups in total. The molecule has 3 fully saturated rings. The van der Waals surface area contributed by atoms with Gasteiger partial charge in [-0.15, -0.1) is 24.9 Å². The normalized spacial score (nSPS) is 30.2. The Hall–Kier alpha value is -2.58. The Morgan fingerprint density at radius 3 is 2.33 bits per heavy atom. The van der Waals surface area contributed by atoms with Gasteiger partial charge in [0.1, 0.15) is 6.04 Å². The average molecular weight is 568 g/mol. The number of fused-ring (bicyclic) bond motifs is 1. The van der Waals surface area contributed by atoms with Crippen LogP contribution in [0.5, 0.6) is 0 Å². The summed E-state index contributed by atoms with van der Waals surface area (Å²) in [6, 6.07) is 8.14. The highest BCUT2D eigenvalue weighted by atomic mass is 32.2. The van der Waals surface area contributed by atoms with Gasteiger partial charge in [0.05, 0.1) is 29.2 Å². The van der Waals surface area contributed by atoms with Crippen LogP contribution in [0.3, 0.4) is 0 Å². The zero-order valence-corrected chi connectivity index (χ0v) is 25.4. The lowest BCUT2D eigenvalue weighted by atomic mass is 9.66. The van der Waals surface area contributed by atoms with Crippen LogP contribution in [0.4, 0.5) is 5.69 Å². The third kappa shape index (κ3) is 4.71. The van der Waals surface area contributed by atoms with Crippen LogP contribution in [0.2, 0.25) is 0 Å². The van der Waals surface area contributed by atoms with Crippen molar-refractivity contribution in [2.45, 2.75) is 81.5 Å². The van der Waals surface area contributed by atoms with E-state index >= 15 is 0 Å². The van der Waals surface area contributed by atoms with Gasteiger partial charge in [-0.05, 0) is 51.7 Å². The SMILES string of the molecule is C=CCN(C(=O)[C@H]1[C@H]2C(=O)N([C@@H](CO)[C@@H](C)CC)C(C(=O)N(CC=C)C(C)C)C23CC[C@]1(C)S3)c1ccccc1. The molecule has 7 nitrogen and oxygen atoms in total. The Bertz CT molecular complexity index is 1140. The molecule has 1 aromatic carbocycles. The molecule has 0 aliphatic carbocycles. The van der Waals surface area contributed by atoms with Gasteiger partial charge in [0.15, 0.2) is 0 Å². The van der Waals surface area contributed by atoms with E-state index < -0.39 is 33.4 Å². The first-order valence-corrected chi connectivity index (χ1v) is 15.4. The van der Waals surface area contributed by atoms with Crippen LogP contribution in [-0.2, 0) is 14.4 Å². The summed E-state index contributed by atoms with van der Waals surface area (Å²) in [6.45, 7) is 18.3. The topological polar surface area (TPSA) is 81.2 Å². The standard InChI is InChI=1S/C32H45N3O4S/c1-8-18-33(21(4)5)30(39)27-32-17-16-31(7,40-32)25(26(32)29(38)35(27)24(20-36)22(6)10-3)28(37)34(19-9-2)23-14-12-11-13-15-23/h8-9,11-15,21-22,24-27,36H,1-2,10,16-20H2,3-7H3/t22-,24-,25+,26-,27?,31-,32?/m0/s1. The number of aliphatic hydroxyl groups excluding tert-OH is 1. The first-order chi connectivity index (χ1) is 19.0. The molecule has 0 saturated carbocycles. The van der Waals surface area contributed by atoms with E-state index in [9.17, 15) is 19.5 Å². The van der Waals surface area contributed by atoms with Crippen LogP contribution in [0.1, 0.15) is 53.9 Å². The number of nitrogens with zero attached hydrogens (tertiary/aromatic N) is 3. The fourth-order valence-electron chi connectivity index (χ4n) is 7.27. The Labute approximate surface area is 243 Å². The second kappa shape index (κ2) is 11.7. The third-order valence-corrected chi connectivity index (χ3v) is 11.4. The van der Waals surface area contributed by atoms with Crippen molar-refractivity contribution in [2.75, 3.05) is 24.6 Å². The molecule has 3 heterocycles. The minimum Gasteiger partial charge on any atom is -0.394 e. The zero-order chi connectivity index (χ0) is 29.4. The molecule has 1 spiro atoms. The first-order valence-electron chi connectivity index (χ1n) is 14.5. The lowest BCUT2D eigenvalue weighted by Gasteiger charge is -2.42. The minimum atomic E-state index is -0.757. The van der Waals surface area contributed by atoms with Crippen LogP contribution < -0.4 is 4.90 Å². The van der Waals surface area contributed by atoms with Crippen LogP contribution in [0, 0.1) is 17.8 Å². The summed E-state index contributed by atoms with van der Waals surface area (Å²) < 4.78 is -1.22. The molecular formula is C32H45N3O4S. The molecule has 0 aromatic heterocycles. The van der Waals surface area contributed by atoms with Gasteiger partial charge in [-0.25, -0.2) is 0 Å². The van der Waals surface area contributed by atoms with Crippen molar-refractivity contribution in [3.8, 4) is 0 Å². The largest absolute Gasteiger partial charge is 0.394 e. The number of aliphatic hydroxyl groups is 1. The molecule has 4 rings (SSSR count). The molecule has 0 radical (unpaired) electrons. The van der Waals surface area contributed by atoms with E-state index in [4.69, 9.17) is 0 Å². The molecule has 3 amide bonds. The van der Waals surface area contributed by atoms with Crippen molar-refractivity contribution in [2.24, 2.45) is 17.8 Å². The number of hydrogen-bond acceptors (Lipinski definition) is 5. The predicted octanol–water partition coefficient (Wildman–Crippen LogP) is 4.52. The van der Waals surface area contributed by atoms with Gasteiger partial charge in [-0.3, -0.25) is 14.4 Å². The van der Waals surface area contributed by atoms with E-state index in [1.807, 2.05) is 58.0 Å². The highest BCUT2D eigenvalue weighted by Gasteiger charge is 2.78.